The van der Waals surface area contributed by atoms with Crippen molar-refractivity contribution in [2.75, 3.05) is 0 Å². The second-order valence-electron chi connectivity index (χ2n) is 2.64. The highest BCUT2D eigenvalue weighted by Crippen LogP contribution is 2.13. The Hall–Kier alpha value is -1.30. The van der Waals surface area contributed by atoms with E-state index in [2.05, 4.69) is 21.2 Å². The van der Waals surface area contributed by atoms with Crippen molar-refractivity contribution in [2.45, 2.75) is 13.0 Å². The van der Waals surface area contributed by atoms with Gasteiger partial charge in [-0.05, 0) is 35.0 Å². The fourth-order valence-electron chi connectivity index (χ4n) is 0.766. The summed E-state index contributed by atoms with van der Waals surface area (Å²) in [5, 5.41) is 10.8. The Kier molecular flexibility index (Phi) is 3.29. The van der Waals surface area contributed by atoms with Gasteiger partial charge in [0.1, 0.15) is 6.04 Å². The fraction of sp³-hybridized carbons (Fsp3) is 0.250. The molecule has 5 nitrogen and oxygen atoms in total. The molecule has 0 bridgehead atoms. The van der Waals surface area contributed by atoms with E-state index in [4.69, 9.17) is 9.52 Å². The number of hydrogen-bond acceptors (Lipinski definition) is 3. The van der Waals surface area contributed by atoms with E-state index in [1.165, 1.54) is 13.0 Å². The molecule has 76 valence electrons. The van der Waals surface area contributed by atoms with E-state index >= 15 is 0 Å². The first-order valence-electron chi connectivity index (χ1n) is 3.79. The van der Waals surface area contributed by atoms with Gasteiger partial charge >= 0.3 is 5.97 Å². The standard InChI is InChI=1S/C8H8BrNO4/c1-4(8(12)13)10-7(11)5-2-3-6(9)14-5/h2-4H,1H3,(H,10,11)(H,12,13)/t4-/m0/s1. The Morgan fingerprint density at radius 1 is 1.57 bits per heavy atom. The summed E-state index contributed by atoms with van der Waals surface area (Å²) in [6, 6.07) is 2.07. The Bertz CT molecular complexity index is 360. The molecule has 0 saturated carbocycles. The molecule has 0 unspecified atom stereocenters. The van der Waals surface area contributed by atoms with E-state index in [0.29, 0.717) is 4.67 Å². The summed E-state index contributed by atoms with van der Waals surface area (Å²) in [6.45, 7) is 1.37. The number of halogens is 1. The minimum Gasteiger partial charge on any atom is -0.480 e. The molecule has 1 aromatic heterocycles. The molecular weight excluding hydrogens is 254 g/mol. The predicted octanol–water partition coefficient (Wildman–Crippen LogP) is 1.25. The van der Waals surface area contributed by atoms with Gasteiger partial charge in [0.2, 0.25) is 0 Å². The van der Waals surface area contributed by atoms with Gasteiger partial charge in [0, 0.05) is 0 Å². The lowest BCUT2D eigenvalue weighted by Crippen LogP contribution is -2.38. The van der Waals surface area contributed by atoms with E-state index in [9.17, 15) is 9.59 Å². The molecule has 0 aliphatic heterocycles. The van der Waals surface area contributed by atoms with Crippen LogP contribution < -0.4 is 5.32 Å². The number of aliphatic carboxylic acids is 1. The molecule has 0 fully saturated rings. The Morgan fingerprint density at radius 2 is 2.21 bits per heavy atom. The van der Waals surface area contributed by atoms with Gasteiger partial charge in [-0.3, -0.25) is 9.59 Å². The van der Waals surface area contributed by atoms with Crippen molar-refractivity contribution in [2.24, 2.45) is 0 Å². The SMILES string of the molecule is C[C@H](NC(=O)c1ccc(Br)o1)C(=O)O. The molecule has 1 heterocycles. The molecule has 14 heavy (non-hydrogen) atoms. The maximum absolute atomic E-state index is 11.3. The highest BCUT2D eigenvalue weighted by molar-refractivity contribution is 9.10. The Morgan fingerprint density at radius 3 is 2.64 bits per heavy atom. The van der Waals surface area contributed by atoms with Crippen molar-refractivity contribution in [3.8, 4) is 0 Å². The van der Waals surface area contributed by atoms with Gasteiger partial charge in [0.25, 0.3) is 5.91 Å². The van der Waals surface area contributed by atoms with Crippen LogP contribution in [0.3, 0.4) is 0 Å². The van der Waals surface area contributed by atoms with E-state index in [1.54, 1.807) is 6.07 Å². The van der Waals surface area contributed by atoms with Gasteiger partial charge in [-0.1, -0.05) is 0 Å². The lowest BCUT2D eigenvalue weighted by molar-refractivity contribution is -0.138. The third-order valence-corrected chi connectivity index (χ3v) is 1.94. The summed E-state index contributed by atoms with van der Waals surface area (Å²) in [5.41, 5.74) is 0. The molecule has 0 saturated heterocycles. The van der Waals surface area contributed by atoms with Gasteiger partial charge in [-0.25, -0.2) is 0 Å². The third-order valence-electron chi connectivity index (χ3n) is 1.52. The Balaban J connectivity index is 2.63. The van der Waals surface area contributed by atoms with Gasteiger partial charge in [0.15, 0.2) is 10.4 Å². The minimum atomic E-state index is -1.09. The van der Waals surface area contributed by atoms with Gasteiger partial charge in [-0.15, -0.1) is 0 Å². The fourth-order valence-corrected chi connectivity index (χ4v) is 1.07. The highest BCUT2D eigenvalue weighted by Gasteiger charge is 2.17. The number of hydrogen-bond donors (Lipinski definition) is 2. The van der Waals surface area contributed by atoms with E-state index < -0.39 is 17.9 Å². The van der Waals surface area contributed by atoms with Crippen LogP contribution in [-0.4, -0.2) is 23.0 Å². The van der Waals surface area contributed by atoms with Crippen LogP contribution in [0.4, 0.5) is 0 Å². The average Bonchev–Trinajstić information content (AvgIpc) is 2.51. The zero-order valence-corrected chi connectivity index (χ0v) is 8.87. The van der Waals surface area contributed by atoms with Gasteiger partial charge in [0.05, 0.1) is 0 Å². The number of furan rings is 1. The molecule has 0 radical (unpaired) electrons. The largest absolute Gasteiger partial charge is 0.480 e. The summed E-state index contributed by atoms with van der Waals surface area (Å²) in [4.78, 5) is 21.7. The average molecular weight is 262 g/mol. The summed E-state index contributed by atoms with van der Waals surface area (Å²) in [6.07, 6.45) is 0. The van der Waals surface area contributed by atoms with Crippen LogP contribution in [0.5, 0.6) is 0 Å². The summed E-state index contributed by atoms with van der Waals surface area (Å²) in [5.74, 6) is -1.57. The summed E-state index contributed by atoms with van der Waals surface area (Å²) in [7, 11) is 0. The topological polar surface area (TPSA) is 79.5 Å². The minimum absolute atomic E-state index is 0.0741. The lowest BCUT2D eigenvalue weighted by atomic mass is 10.3. The number of carboxylic acid groups (broad SMARTS) is 1. The van der Waals surface area contributed by atoms with Crippen LogP contribution >= 0.6 is 15.9 Å². The highest BCUT2D eigenvalue weighted by atomic mass is 79.9. The molecule has 1 atom stereocenters. The zero-order chi connectivity index (χ0) is 10.7. The van der Waals surface area contributed by atoms with Crippen LogP contribution in [0.15, 0.2) is 21.2 Å². The molecule has 1 amide bonds. The van der Waals surface area contributed by atoms with Gasteiger partial charge in [-0.2, -0.15) is 0 Å². The predicted molar refractivity (Wildman–Crippen MR) is 51.0 cm³/mol. The van der Waals surface area contributed by atoms with Crippen molar-refractivity contribution in [3.63, 3.8) is 0 Å². The van der Waals surface area contributed by atoms with Crippen molar-refractivity contribution >= 4 is 27.8 Å². The van der Waals surface area contributed by atoms with Crippen LogP contribution in [0, 0.1) is 0 Å². The molecule has 6 heteroatoms. The van der Waals surface area contributed by atoms with Crippen molar-refractivity contribution in [3.05, 3.63) is 22.6 Å². The first kappa shape index (κ1) is 10.8. The molecule has 1 rings (SSSR count). The number of carbonyl (C=O) groups is 2. The monoisotopic (exact) mass is 261 g/mol. The van der Waals surface area contributed by atoms with Crippen LogP contribution in [0.25, 0.3) is 0 Å². The van der Waals surface area contributed by atoms with Crippen LogP contribution in [-0.2, 0) is 4.79 Å². The second-order valence-corrected chi connectivity index (χ2v) is 3.42. The molecule has 0 spiro atoms. The number of amides is 1. The molecular formula is C8H8BrNO4. The summed E-state index contributed by atoms with van der Waals surface area (Å²) < 4.78 is 5.36. The van der Waals surface area contributed by atoms with E-state index in [-0.39, 0.29) is 5.76 Å². The van der Waals surface area contributed by atoms with Crippen molar-refractivity contribution < 1.29 is 19.1 Å². The number of carboxylic acids is 1. The smallest absolute Gasteiger partial charge is 0.325 e. The normalized spacial score (nSPS) is 12.1. The second kappa shape index (κ2) is 4.28. The summed E-state index contributed by atoms with van der Waals surface area (Å²) >= 11 is 3.03. The molecule has 0 aliphatic carbocycles. The lowest BCUT2D eigenvalue weighted by Gasteiger charge is -2.06. The molecule has 2 N–H and O–H groups in total. The third kappa shape index (κ3) is 2.59. The van der Waals surface area contributed by atoms with Gasteiger partial charge < -0.3 is 14.8 Å². The van der Waals surface area contributed by atoms with E-state index in [0.717, 1.165) is 0 Å². The maximum atomic E-state index is 11.3. The van der Waals surface area contributed by atoms with Crippen molar-refractivity contribution in [1.29, 1.82) is 0 Å². The Labute approximate surface area is 88.2 Å². The van der Waals surface area contributed by atoms with Crippen LogP contribution in [0.1, 0.15) is 17.5 Å². The molecule has 0 aliphatic rings. The quantitative estimate of drug-likeness (QED) is 0.858. The number of rotatable bonds is 3. The van der Waals surface area contributed by atoms with Crippen LogP contribution in [0.2, 0.25) is 0 Å². The zero-order valence-electron chi connectivity index (χ0n) is 7.28. The first-order chi connectivity index (χ1) is 6.50. The molecule has 0 aromatic carbocycles. The number of carbonyl (C=O) groups excluding carboxylic acids is 1. The first-order valence-corrected chi connectivity index (χ1v) is 4.59. The van der Waals surface area contributed by atoms with Crippen molar-refractivity contribution in [1.82, 2.24) is 5.32 Å². The molecule has 1 aromatic rings. The number of nitrogens with one attached hydrogen (secondary N) is 1. The maximum Gasteiger partial charge on any atom is 0.325 e. The van der Waals surface area contributed by atoms with E-state index in [1.807, 2.05) is 0 Å².